The van der Waals surface area contributed by atoms with Gasteiger partial charge in [0.05, 0.1) is 16.5 Å². The van der Waals surface area contributed by atoms with Crippen molar-refractivity contribution in [3.63, 3.8) is 0 Å². The molecule has 2 aromatic carbocycles. The third-order valence-electron chi connectivity index (χ3n) is 4.00. The lowest BCUT2D eigenvalue weighted by molar-refractivity contribution is -0.116. The Kier molecular flexibility index (Phi) is 8.40. The number of sulfonamides is 1. The number of benzene rings is 2. The highest BCUT2D eigenvalue weighted by Gasteiger charge is 2.15. The van der Waals surface area contributed by atoms with Gasteiger partial charge in [-0.3, -0.25) is 9.59 Å². The van der Waals surface area contributed by atoms with Crippen LogP contribution in [0.25, 0.3) is 0 Å². The van der Waals surface area contributed by atoms with Crippen LogP contribution in [-0.4, -0.2) is 33.3 Å². The van der Waals surface area contributed by atoms with E-state index in [1.54, 1.807) is 18.2 Å². The molecule has 7 nitrogen and oxygen atoms in total. The number of Topliss-reactive ketones (excluding diaryl/α,β-unsaturated/α-hetero) is 1. The van der Waals surface area contributed by atoms with Crippen molar-refractivity contribution in [2.24, 2.45) is 5.92 Å². The van der Waals surface area contributed by atoms with Gasteiger partial charge in [0.2, 0.25) is 15.9 Å². The molecule has 2 rings (SSSR count). The average Bonchev–Trinajstić information content (AvgIpc) is 2.67. The third kappa shape index (κ3) is 7.12. The van der Waals surface area contributed by atoms with E-state index in [0.717, 1.165) is 0 Å². The van der Waals surface area contributed by atoms with E-state index in [1.807, 2.05) is 13.8 Å². The van der Waals surface area contributed by atoms with Gasteiger partial charge in [0.15, 0.2) is 5.78 Å². The summed E-state index contributed by atoms with van der Waals surface area (Å²) in [7, 11) is -3.78. The van der Waals surface area contributed by atoms with Crippen molar-refractivity contribution in [3.8, 4) is 5.75 Å². The van der Waals surface area contributed by atoms with Gasteiger partial charge in [-0.15, -0.1) is 0 Å². The Labute approximate surface area is 181 Å². The molecule has 0 fully saturated rings. The minimum absolute atomic E-state index is 0.0247. The van der Waals surface area contributed by atoms with Gasteiger partial charge in [0, 0.05) is 24.2 Å². The number of ether oxygens (including phenoxy) is 1. The monoisotopic (exact) mass is 452 g/mol. The quantitative estimate of drug-likeness (QED) is 0.532. The van der Waals surface area contributed by atoms with E-state index in [1.165, 1.54) is 31.2 Å². The van der Waals surface area contributed by atoms with Crippen molar-refractivity contribution >= 4 is 39.0 Å². The van der Waals surface area contributed by atoms with Crippen LogP contribution in [0.2, 0.25) is 5.02 Å². The third-order valence-corrected chi connectivity index (χ3v) is 5.78. The summed E-state index contributed by atoms with van der Waals surface area (Å²) in [4.78, 5) is 23.4. The highest BCUT2D eigenvalue weighted by Crippen LogP contribution is 2.28. The lowest BCUT2D eigenvalue weighted by atomic mass is 10.2. The van der Waals surface area contributed by atoms with Crippen LogP contribution < -0.4 is 14.8 Å². The zero-order valence-electron chi connectivity index (χ0n) is 17.1. The van der Waals surface area contributed by atoms with E-state index < -0.39 is 10.0 Å². The Balaban J connectivity index is 1.87. The summed E-state index contributed by atoms with van der Waals surface area (Å²) >= 11 is 6.17. The molecule has 0 aliphatic rings. The second-order valence-electron chi connectivity index (χ2n) is 7.13. The van der Waals surface area contributed by atoms with Gasteiger partial charge in [0.25, 0.3) is 0 Å². The molecule has 2 aromatic rings. The van der Waals surface area contributed by atoms with Crippen LogP contribution in [0.3, 0.4) is 0 Å². The van der Waals surface area contributed by atoms with Gasteiger partial charge in [0.1, 0.15) is 5.75 Å². The number of anilines is 1. The molecule has 0 saturated heterocycles. The van der Waals surface area contributed by atoms with Gasteiger partial charge in [-0.2, -0.15) is 0 Å². The number of hydrogen-bond acceptors (Lipinski definition) is 5. The number of halogens is 1. The van der Waals surface area contributed by atoms with E-state index in [0.29, 0.717) is 34.5 Å². The second kappa shape index (κ2) is 10.6. The number of nitrogens with one attached hydrogen (secondary N) is 2. The predicted octanol–water partition coefficient (Wildman–Crippen LogP) is 3.88. The highest BCUT2D eigenvalue weighted by molar-refractivity contribution is 7.89. The normalized spacial score (nSPS) is 11.4. The SMILES string of the molecule is CC(=O)c1ccc(S(=O)(=O)NCCC(=O)Nc2ccc(OCC(C)C)c(Cl)c2)cc1. The minimum atomic E-state index is -3.78. The first-order chi connectivity index (χ1) is 14.1. The first-order valence-corrected chi connectivity index (χ1v) is 11.3. The second-order valence-corrected chi connectivity index (χ2v) is 9.30. The lowest BCUT2D eigenvalue weighted by Gasteiger charge is -2.12. The lowest BCUT2D eigenvalue weighted by Crippen LogP contribution is -2.27. The predicted molar refractivity (Wildman–Crippen MR) is 117 cm³/mol. The molecule has 1 amide bonds. The molecule has 0 aliphatic heterocycles. The standard InChI is InChI=1S/C21H25ClN2O5S/c1-14(2)13-29-20-9-6-17(12-19(20)22)24-21(26)10-11-23-30(27,28)18-7-4-16(5-8-18)15(3)25/h4-9,12,14,23H,10-11,13H2,1-3H3,(H,24,26). The summed E-state index contributed by atoms with van der Waals surface area (Å²) in [6, 6.07) is 10.5. The van der Waals surface area contributed by atoms with Crippen molar-refractivity contribution in [1.82, 2.24) is 4.72 Å². The van der Waals surface area contributed by atoms with Crippen molar-refractivity contribution in [2.75, 3.05) is 18.5 Å². The van der Waals surface area contributed by atoms with E-state index in [2.05, 4.69) is 10.0 Å². The van der Waals surface area contributed by atoms with Crippen LogP contribution in [0.1, 0.15) is 37.6 Å². The molecule has 0 aromatic heterocycles. The smallest absolute Gasteiger partial charge is 0.240 e. The van der Waals surface area contributed by atoms with Crippen LogP contribution in [0, 0.1) is 5.92 Å². The van der Waals surface area contributed by atoms with Crippen LogP contribution in [0.5, 0.6) is 5.75 Å². The summed E-state index contributed by atoms with van der Waals surface area (Å²) in [6.07, 6.45) is -0.0615. The van der Waals surface area contributed by atoms with Gasteiger partial charge in [-0.05, 0) is 43.2 Å². The summed E-state index contributed by atoms with van der Waals surface area (Å²) < 4.78 is 32.5. The van der Waals surface area contributed by atoms with Gasteiger partial charge in [-0.25, -0.2) is 13.1 Å². The van der Waals surface area contributed by atoms with Crippen LogP contribution in [-0.2, 0) is 14.8 Å². The van der Waals surface area contributed by atoms with E-state index >= 15 is 0 Å². The number of hydrogen-bond donors (Lipinski definition) is 2. The zero-order chi connectivity index (χ0) is 22.3. The molecule has 0 aliphatic carbocycles. The molecule has 0 atom stereocenters. The molecule has 0 saturated carbocycles. The highest BCUT2D eigenvalue weighted by atomic mass is 35.5. The van der Waals surface area contributed by atoms with Crippen LogP contribution >= 0.6 is 11.6 Å². The number of ketones is 1. The first kappa shape index (κ1) is 23.9. The molecule has 162 valence electrons. The minimum Gasteiger partial charge on any atom is -0.492 e. The number of carbonyl (C=O) groups is 2. The Morgan fingerprint density at radius 3 is 2.33 bits per heavy atom. The Hall–Kier alpha value is -2.42. The Bertz CT molecular complexity index is 1000. The van der Waals surface area contributed by atoms with E-state index in [9.17, 15) is 18.0 Å². The first-order valence-electron chi connectivity index (χ1n) is 9.41. The maximum absolute atomic E-state index is 12.3. The topological polar surface area (TPSA) is 102 Å². The van der Waals surface area contributed by atoms with Gasteiger partial charge in [-0.1, -0.05) is 37.6 Å². The van der Waals surface area contributed by atoms with Crippen LogP contribution in [0.4, 0.5) is 5.69 Å². The Morgan fingerprint density at radius 2 is 1.77 bits per heavy atom. The largest absolute Gasteiger partial charge is 0.492 e. The molecule has 0 spiro atoms. The molecule has 0 heterocycles. The molecule has 0 unspecified atom stereocenters. The van der Waals surface area contributed by atoms with Gasteiger partial charge < -0.3 is 10.1 Å². The van der Waals surface area contributed by atoms with E-state index in [-0.39, 0.29) is 29.6 Å². The van der Waals surface area contributed by atoms with Crippen molar-refractivity contribution in [3.05, 3.63) is 53.1 Å². The molecular formula is C21H25ClN2O5S. The summed E-state index contributed by atoms with van der Waals surface area (Å²) in [5.41, 5.74) is 0.914. The Morgan fingerprint density at radius 1 is 1.10 bits per heavy atom. The van der Waals surface area contributed by atoms with E-state index in [4.69, 9.17) is 16.3 Å². The summed E-state index contributed by atoms with van der Waals surface area (Å²) in [5.74, 6) is 0.378. The summed E-state index contributed by atoms with van der Waals surface area (Å²) in [5, 5.41) is 3.05. The summed E-state index contributed by atoms with van der Waals surface area (Å²) in [6.45, 7) is 5.91. The van der Waals surface area contributed by atoms with Crippen molar-refractivity contribution in [1.29, 1.82) is 0 Å². The fourth-order valence-electron chi connectivity index (χ4n) is 2.43. The molecule has 0 bridgehead atoms. The zero-order valence-corrected chi connectivity index (χ0v) is 18.6. The molecular weight excluding hydrogens is 428 g/mol. The van der Waals surface area contributed by atoms with Crippen molar-refractivity contribution < 1.29 is 22.7 Å². The number of amides is 1. The molecule has 2 N–H and O–H groups in total. The maximum atomic E-state index is 12.3. The fraction of sp³-hybridized carbons (Fsp3) is 0.333. The maximum Gasteiger partial charge on any atom is 0.240 e. The molecule has 0 radical (unpaired) electrons. The number of carbonyl (C=O) groups excluding carboxylic acids is 2. The van der Waals surface area contributed by atoms with Gasteiger partial charge >= 0.3 is 0 Å². The molecule has 9 heteroatoms. The van der Waals surface area contributed by atoms with Crippen LogP contribution in [0.15, 0.2) is 47.4 Å². The average molecular weight is 453 g/mol. The molecule has 30 heavy (non-hydrogen) atoms. The van der Waals surface area contributed by atoms with Crippen molar-refractivity contribution in [2.45, 2.75) is 32.1 Å². The number of rotatable bonds is 10. The fourth-order valence-corrected chi connectivity index (χ4v) is 3.69.